The molecule has 146 valence electrons. The molecule has 3 rings (SSSR count). The predicted molar refractivity (Wildman–Crippen MR) is 123 cm³/mol. The average molecular weight is 479 g/mol. The maximum Gasteiger partial charge on any atom is 0.191 e. The van der Waals surface area contributed by atoms with Gasteiger partial charge in [-0.1, -0.05) is 60.2 Å². The van der Waals surface area contributed by atoms with Gasteiger partial charge in [-0.2, -0.15) is 0 Å². The van der Waals surface area contributed by atoms with Crippen molar-refractivity contribution in [3.63, 3.8) is 0 Å². The van der Waals surface area contributed by atoms with E-state index in [4.69, 9.17) is 4.74 Å². The number of guanidine groups is 1. The SMILES string of the molecule is CN=C(NCc1cccc(C)c1)NCC1(c2ccccc2)CCOCC1.I. The van der Waals surface area contributed by atoms with E-state index in [1.54, 1.807) is 0 Å². The van der Waals surface area contributed by atoms with Crippen LogP contribution in [0.1, 0.15) is 29.5 Å². The Labute approximate surface area is 179 Å². The van der Waals surface area contributed by atoms with Crippen molar-refractivity contribution in [2.75, 3.05) is 26.8 Å². The summed E-state index contributed by atoms with van der Waals surface area (Å²) in [6.07, 6.45) is 2.05. The van der Waals surface area contributed by atoms with Crippen molar-refractivity contribution >= 4 is 29.9 Å². The molecule has 0 bridgehead atoms. The summed E-state index contributed by atoms with van der Waals surface area (Å²) in [5.74, 6) is 0.841. The van der Waals surface area contributed by atoms with Crippen LogP contribution >= 0.6 is 24.0 Å². The van der Waals surface area contributed by atoms with Gasteiger partial charge in [0.05, 0.1) is 0 Å². The van der Waals surface area contributed by atoms with Gasteiger partial charge in [0.1, 0.15) is 0 Å². The second-order valence-corrected chi connectivity index (χ2v) is 7.03. The molecule has 2 aromatic carbocycles. The minimum Gasteiger partial charge on any atom is -0.381 e. The van der Waals surface area contributed by atoms with Crippen LogP contribution in [0.4, 0.5) is 0 Å². The molecule has 2 N–H and O–H groups in total. The minimum atomic E-state index is 0. The highest BCUT2D eigenvalue weighted by Crippen LogP contribution is 2.34. The highest BCUT2D eigenvalue weighted by molar-refractivity contribution is 14.0. The molecule has 0 atom stereocenters. The molecule has 0 amide bonds. The first-order chi connectivity index (χ1) is 12.7. The molecule has 27 heavy (non-hydrogen) atoms. The molecule has 5 heteroatoms. The van der Waals surface area contributed by atoms with Gasteiger partial charge in [0, 0.05) is 38.8 Å². The van der Waals surface area contributed by atoms with Gasteiger partial charge in [0.25, 0.3) is 0 Å². The first kappa shape index (κ1) is 21.7. The van der Waals surface area contributed by atoms with Crippen molar-refractivity contribution in [2.45, 2.75) is 31.7 Å². The van der Waals surface area contributed by atoms with Crippen molar-refractivity contribution in [2.24, 2.45) is 4.99 Å². The molecule has 0 unspecified atom stereocenters. The van der Waals surface area contributed by atoms with E-state index in [1.807, 2.05) is 7.05 Å². The average Bonchev–Trinajstić information content (AvgIpc) is 2.69. The zero-order chi connectivity index (χ0) is 18.2. The number of nitrogens with zero attached hydrogens (tertiary/aromatic N) is 1. The van der Waals surface area contributed by atoms with Crippen LogP contribution in [0.3, 0.4) is 0 Å². The Balaban J connectivity index is 0.00000261. The number of hydrogen-bond donors (Lipinski definition) is 2. The van der Waals surface area contributed by atoms with Gasteiger partial charge in [-0.05, 0) is 30.9 Å². The van der Waals surface area contributed by atoms with Crippen LogP contribution in [0.25, 0.3) is 0 Å². The zero-order valence-corrected chi connectivity index (χ0v) is 18.5. The van der Waals surface area contributed by atoms with Crippen LogP contribution < -0.4 is 10.6 Å². The fourth-order valence-corrected chi connectivity index (χ4v) is 3.60. The van der Waals surface area contributed by atoms with Gasteiger partial charge in [-0.3, -0.25) is 4.99 Å². The molecular formula is C22H30IN3O. The first-order valence-electron chi connectivity index (χ1n) is 9.35. The Morgan fingerprint density at radius 2 is 1.78 bits per heavy atom. The van der Waals surface area contributed by atoms with Crippen molar-refractivity contribution in [1.82, 2.24) is 10.6 Å². The number of aryl methyl sites for hydroxylation is 1. The van der Waals surface area contributed by atoms with Gasteiger partial charge in [0.2, 0.25) is 0 Å². The van der Waals surface area contributed by atoms with Gasteiger partial charge >= 0.3 is 0 Å². The molecule has 4 nitrogen and oxygen atoms in total. The summed E-state index contributed by atoms with van der Waals surface area (Å²) in [6, 6.07) is 19.3. The molecular weight excluding hydrogens is 449 g/mol. The number of hydrogen-bond acceptors (Lipinski definition) is 2. The highest BCUT2D eigenvalue weighted by Gasteiger charge is 2.34. The lowest BCUT2D eigenvalue weighted by Crippen LogP contribution is -2.47. The number of rotatable bonds is 5. The molecule has 1 aliphatic rings. The van der Waals surface area contributed by atoms with E-state index in [9.17, 15) is 0 Å². The largest absolute Gasteiger partial charge is 0.381 e. The smallest absolute Gasteiger partial charge is 0.191 e. The van der Waals surface area contributed by atoms with Crippen molar-refractivity contribution in [1.29, 1.82) is 0 Å². The van der Waals surface area contributed by atoms with Crippen LogP contribution in [0.15, 0.2) is 59.6 Å². The van der Waals surface area contributed by atoms with E-state index in [0.29, 0.717) is 0 Å². The Hall–Kier alpha value is -1.60. The molecule has 1 heterocycles. The Kier molecular flexibility index (Phi) is 8.57. The number of ether oxygens (including phenoxy) is 1. The molecule has 0 spiro atoms. The van der Waals surface area contributed by atoms with E-state index < -0.39 is 0 Å². The Morgan fingerprint density at radius 3 is 2.44 bits per heavy atom. The number of aliphatic imine (C=N–C) groups is 1. The quantitative estimate of drug-likeness (QED) is 0.387. The van der Waals surface area contributed by atoms with Gasteiger partial charge < -0.3 is 15.4 Å². The second kappa shape index (κ2) is 10.7. The third-order valence-electron chi connectivity index (χ3n) is 5.20. The first-order valence-corrected chi connectivity index (χ1v) is 9.35. The second-order valence-electron chi connectivity index (χ2n) is 7.03. The summed E-state index contributed by atoms with van der Waals surface area (Å²) in [4.78, 5) is 4.40. The Bertz CT molecular complexity index is 727. The minimum absolute atomic E-state index is 0. The topological polar surface area (TPSA) is 45.7 Å². The fourth-order valence-electron chi connectivity index (χ4n) is 3.60. The fraction of sp³-hybridized carbons (Fsp3) is 0.409. The molecule has 0 aromatic heterocycles. The predicted octanol–water partition coefficient (Wildman–Crippen LogP) is 4.03. The molecule has 0 saturated carbocycles. The standard InChI is InChI=1S/C22H29N3O.HI/c1-18-7-6-8-19(15-18)16-24-21(23-2)25-17-22(11-13-26-14-12-22)20-9-4-3-5-10-20;/h3-10,15H,11-14,16-17H2,1-2H3,(H2,23,24,25);1H. The van der Waals surface area contributed by atoms with Crippen LogP contribution in [0.2, 0.25) is 0 Å². The lowest BCUT2D eigenvalue weighted by molar-refractivity contribution is 0.0514. The molecule has 0 aliphatic carbocycles. The van der Waals surface area contributed by atoms with E-state index in [1.165, 1.54) is 16.7 Å². The van der Waals surface area contributed by atoms with Crippen LogP contribution in [-0.4, -0.2) is 32.8 Å². The van der Waals surface area contributed by atoms with Crippen molar-refractivity contribution in [3.05, 3.63) is 71.3 Å². The normalized spacial score (nSPS) is 16.3. The number of benzene rings is 2. The number of nitrogens with one attached hydrogen (secondary N) is 2. The maximum atomic E-state index is 5.62. The maximum absolute atomic E-state index is 5.62. The third kappa shape index (κ3) is 5.94. The van der Waals surface area contributed by atoms with Crippen molar-refractivity contribution < 1.29 is 4.74 Å². The molecule has 0 radical (unpaired) electrons. The van der Waals surface area contributed by atoms with Gasteiger partial charge in [-0.15, -0.1) is 24.0 Å². The van der Waals surface area contributed by atoms with E-state index in [0.717, 1.165) is 45.1 Å². The van der Waals surface area contributed by atoms with Crippen LogP contribution in [0.5, 0.6) is 0 Å². The van der Waals surface area contributed by atoms with Crippen molar-refractivity contribution in [3.8, 4) is 0 Å². The summed E-state index contributed by atoms with van der Waals surface area (Å²) >= 11 is 0. The lowest BCUT2D eigenvalue weighted by Gasteiger charge is -2.38. The molecule has 1 aliphatic heterocycles. The van der Waals surface area contributed by atoms with E-state index >= 15 is 0 Å². The summed E-state index contributed by atoms with van der Waals surface area (Å²) in [5, 5.41) is 6.98. The van der Waals surface area contributed by atoms with E-state index in [-0.39, 0.29) is 29.4 Å². The van der Waals surface area contributed by atoms with E-state index in [2.05, 4.69) is 77.1 Å². The third-order valence-corrected chi connectivity index (χ3v) is 5.20. The summed E-state index contributed by atoms with van der Waals surface area (Å²) in [5.41, 5.74) is 4.01. The highest BCUT2D eigenvalue weighted by atomic mass is 127. The van der Waals surface area contributed by atoms with Gasteiger partial charge in [0.15, 0.2) is 5.96 Å². The van der Waals surface area contributed by atoms with Crippen LogP contribution in [0, 0.1) is 6.92 Å². The monoisotopic (exact) mass is 479 g/mol. The van der Waals surface area contributed by atoms with Crippen LogP contribution in [-0.2, 0) is 16.7 Å². The molecule has 2 aromatic rings. The lowest BCUT2D eigenvalue weighted by atomic mass is 9.74. The number of halogens is 1. The summed E-state index contributed by atoms with van der Waals surface area (Å²) in [7, 11) is 1.82. The summed E-state index contributed by atoms with van der Waals surface area (Å²) < 4.78 is 5.62. The summed E-state index contributed by atoms with van der Waals surface area (Å²) in [6.45, 7) is 5.36. The molecule has 1 fully saturated rings. The molecule has 1 saturated heterocycles. The Morgan fingerprint density at radius 1 is 1.04 bits per heavy atom. The zero-order valence-electron chi connectivity index (χ0n) is 16.2. The van der Waals surface area contributed by atoms with Gasteiger partial charge in [-0.25, -0.2) is 0 Å².